The maximum Gasteiger partial charge on any atom is 0.282 e. The second-order valence-electron chi connectivity index (χ2n) is 3.51. The molecular formula is C9H12BrN3O2. The quantitative estimate of drug-likeness (QED) is 0.864. The molecule has 15 heavy (non-hydrogen) atoms. The lowest BCUT2D eigenvalue weighted by Crippen LogP contribution is -2.25. The molecule has 0 spiro atoms. The topological polar surface area (TPSA) is 56.1 Å². The Hall–Kier alpha value is -0.880. The fraction of sp³-hybridized carbons (Fsp3) is 0.556. The molecule has 0 aromatic carbocycles. The van der Waals surface area contributed by atoms with E-state index in [0.717, 1.165) is 18.7 Å². The molecule has 1 aliphatic heterocycles. The molecule has 6 heteroatoms. The highest BCUT2D eigenvalue weighted by Crippen LogP contribution is 2.19. The predicted molar refractivity (Wildman–Crippen MR) is 60.0 cm³/mol. The highest BCUT2D eigenvalue weighted by atomic mass is 79.9. The first-order valence-electron chi connectivity index (χ1n) is 4.74. The van der Waals surface area contributed by atoms with E-state index in [-0.39, 0.29) is 11.6 Å². The summed E-state index contributed by atoms with van der Waals surface area (Å²) in [6.07, 6.45) is 2.60. The third-order valence-electron chi connectivity index (χ3n) is 2.37. The molecule has 1 N–H and O–H groups in total. The van der Waals surface area contributed by atoms with Crippen LogP contribution >= 0.6 is 15.9 Å². The zero-order chi connectivity index (χ0) is 10.8. The third-order valence-corrected chi connectivity index (χ3v) is 3.13. The van der Waals surface area contributed by atoms with Crippen LogP contribution in [0.15, 0.2) is 15.5 Å². The largest absolute Gasteiger partial charge is 0.379 e. The van der Waals surface area contributed by atoms with Crippen LogP contribution in [0.2, 0.25) is 0 Å². The van der Waals surface area contributed by atoms with E-state index in [9.17, 15) is 4.79 Å². The molecule has 2 heterocycles. The Labute approximate surface area is 95.6 Å². The number of halogens is 1. The summed E-state index contributed by atoms with van der Waals surface area (Å²) < 4.78 is 7.05. The van der Waals surface area contributed by atoms with Crippen molar-refractivity contribution in [2.24, 2.45) is 7.05 Å². The van der Waals surface area contributed by atoms with Gasteiger partial charge in [0, 0.05) is 13.7 Å². The lowest BCUT2D eigenvalue weighted by Gasteiger charge is -2.13. The molecule has 0 saturated carbocycles. The molecule has 82 valence electrons. The van der Waals surface area contributed by atoms with Crippen molar-refractivity contribution in [1.29, 1.82) is 0 Å². The highest BCUT2D eigenvalue weighted by Gasteiger charge is 2.17. The van der Waals surface area contributed by atoms with Gasteiger partial charge in [-0.2, -0.15) is 5.10 Å². The SMILES string of the molecule is Cn1ncc(NC2CCOC2)c(Br)c1=O. The van der Waals surface area contributed by atoms with E-state index in [1.54, 1.807) is 13.2 Å². The summed E-state index contributed by atoms with van der Waals surface area (Å²) in [6, 6.07) is 0.273. The molecule has 1 unspecified atom stereocenters. The highest BCUT2D eigenvalue weighted by molar-refractivity contribution is 9.10. The standard InChI is InChI=1S/C9H12BrN3O2/c1-13-9(14)8(10)7(4-11-13)12-6-2-3-15-5-6/h4,6,12H,2-3,5H2,1H3. The zero-order valence-electron chi connectivity index (χ0n) is 8.36. The van der Waals surface area contributed by atoms with Gasteiger partial charge in [0.2, 0.25) is 0 Å². The van der Waals surface area contributed by atoms with E-state index >= 15 is 0 Å². The fourth-order valence-electron chi connectivity index (χ4n) is 1.48. The number of aromatic nitrogens is 2. The van der Waals surface area contributed by atoms with Crippen molar-refractivity contribution in [2.45, 2.75) is 12.5 Å². The van der Waals surface area contributed by atoms with E-state index in [2.05, 4.69) is 26.3 Å². The number of hydrogen-bond acceptors (Lipinski definition) is 4. The monoisotopic (exact) mass is 273 g/mol. The lowest BCUT2D eigenvalue weighted by atomic mass is 10.2. The summed E-state index contributed by atoms with van der Waals surface area (Å²) >= 11 is 3.26. The lowest BCUT2D eigenvalue weighted by molar-refractivity contribution is 0.195. The van der Waals surface area contributed by atoms with Crippen molar-refractivity contribution < 1.29 is 4.74 Å². The molecule has 1 saturated heterocycles. The second-order valence-corrected chi connectivity index (χ2v) is 4.30. The Morgan fingerprint density at radius 3 is 3.20 bits per heavy atom. The van der Waals surface area contributed by atoms with Gasteiger partial charge in [0.05, 0.1) is 24.5 Å². The van der Waals surface area contributed by atoms with Gasteiger partial charge in [-0.15, -0.1) is 0 Å². The Balaban J connectivity index is 2.21. The van der Waals surface area contributed by atoms with E-state index in [0.29, 0.717) is 11.1 Å². The maximum absolute atomic E-state index is 11.5. The number of aryl methyl sites for hydroxylation is 1. The first kappa shape index (κ1) is 10.6. The molecule has 1 aromatic heterocycles. The number of rotatable bonds is 2. The summed E-state index contributed by atoms with van der Waals surface area (Å²) in [4.78, 5) is 11.5. The molecule has 0 aliphatic carbocycles. The minimum atomic E-state index is -0.140. The summed E-state index contributed by atoms with van der Waals surface area (Å²) in [5, 5.41) is 7.18. The van der Waals surface area contributed by atoms with Crippen molar-refractivity contribution in [3.63, 3.8) is 0 Å². The fourth-order valence-corrected chi connectivity index (χ4v) is 1.95. The summed E-state index contributed by atoms with van der Waals surface area (Å²) in [5.41, 5.74) is 0.590. The molecule has 1 aliphatic rings. The average Bonchev–Trinajstić information content (AvgIpc) is 2.72. The Bertz CT molecular complexity index is 412. The van der Waals surface area contributed by atoms with Crippen LogP contribution in [0.4, 0.5) is 5.69 Å². The number of nitrogens with one attached hydrogen (secondary N) is 1. The summed E-state index contributed by atoms with van der Waals surface area (Å²) in [6.45, 7) is 1.45. The van der Waals surface area contributed by atoms with Gasteiger partial charge < -0.3 is 10.1 Å². The first-order valence-corrected chi connectivity index (χ1v) is 5.54. The van der Waals surface area contributed by atoms with Crippen LogP contribution < -0.4 is 10.9 Å². The van der Waals surface area contributed by atoms with Gasteiger partial charge in [0.25, 0.3) is 5.56 Å². The van der Waals surface area contributed by atoms with Crippen LogP contribution in [0.1, 0.15) is 6.42 Å². The molecule has 0 amide bonds. The molecule has 2 rings (SSSR count). The molecule has 1 atom stereocenters. The first-order chi connectivity index (χ1) is 7.18. The second kappa shape index (κ2) is 4.32. The van der Waals surface area contributed by atoms with Crippen LogP contribution in [-0.4, -0.2) is 29.0 Å². The van der Waals surface area contributed by atoms with Gasteiger partial charge in [-0.05, 0) is 22.4 Å². The summed E-state index contributed by atoms with van der Waals surface area (Å²) in [5.74, 6) is 0. The minimum absolute atomic E-state index is 0.140. The van der Waals surface area contributed by atoms with Crippen molar-refractivity contribution >= 4 is 21.6 Å². The van der Waals surface area contributed by atoms with Gasteiger partial charge in [-0.25, -0.2) is 4.68 Å². The number of nitrogens with zero attached hydrogens (tertiary/aromatic N) is 2. The van der Waals surface area contributed by atoms with Gasteiger partial charge in [0.1, 0.15) is 4.47 Å². The van der Waals surface area contributed by atoms with Crippen LogP contribution in [-0.2, 0) is 11.8 Å². The third kappa shape index (κ3) is 2.21. The van der Waals surface area contributed by atoms with Crippen molar-refractivity contribution in [3.8, 4) is 0 Å². The maximum atomic E-state index is 11.5. The minimum Gasteiger partial charge on any atom is -0.379 e. The predicted octanol–water partition coefficient (Wildman–Crippen LogP) is 0.744. The van der Waals surface area contributed by atoms with Gasteiger partial charge >= 0.3 is 0 Å². The Kier molecular flexibility index (Phi) is 3.06. The van der Waals surface area contributed by atoms with Gasteiger partial charge in [0.15, 0.2) is 0 Å². The smallest absolute Gasteiger partial charge is 0.282 e. The molecular weight excluding hydrogens is 262 g/mol. The van der Waals surface area contributed by atoms with E-state index < -0.39 is 0 Å². The molecule has 1 aromatic rings. The van der Waals surface area contributed by atoms with E-state index in [1.165, 1.54) is 4.68 Å². The van der Waals surface area contributed by atoms with Crippen LogP contribution in [0.5, 0.6) is 0 Å². The normalized spacial score (nSPS) is 20.5. The van der Waals surface area contributed by atoms with Crippen molar-refractivity contribution in [2.75, 3.05) is 18.5 Å². The van der Waals surface area contributed by atoms with Gasteiger partial charge in [-0.3, -0.25) is 4.79 Å². The van der Waals surface area contributed by atoms with Crippen LogP contribution in [0, 0.1) is 0 Å². The summed E-state index contributed by atoms with van der Waals surface area (Å²) in [7, 11) is 1.62. The number of anilines is 1. The van der Waals surface area contributed by atoms with Crippen molar-refractivity contribution in [3.05, 3.63) is 21.0 Å². The van der Waals surface area contributed by atoms with Crippen molar-refractivity contribution in [1.82, 2.24) is 9.78 Å². The molecule has 5 nitrogen and oxygen atoms in total. The van der Waals surface area contributed by atoms with E-state index in [1.807, 2.05) is 0 Å². The van der Waals surface area contributed by atoms with Crippen LogP contribution in [0.25, 0.3) is 0 Å². The molecule has 0 radical (unpaired) electrons. The average molecular weight is 274 g/mol. The number of hydrogen-bond donors (Lipinski definition) is 1. The van der Waals surface area contributed by atoms with Crippen LogP contribution in [0.3, 0.4) is 0 Å². The Morgan fingerprint density at radius 2 is 2.53 bits per heavy atom. The Morgan fingerprint density at radius 1 is 1.73 bits per heavy atom. The molecule has 0 bridgehead atoms. The zero-order valence-corrected chi connectivity index (χ0v) is 9.95. The number of ether oxygens (including phenoxy) is 1. The molecule has 1 fully saturated rings. The van der Waals surface area contributed by atoms with Gasteiger partial charge in [-0.1, -0.05) is 0 Å². The van der Waals surface area contributed by atoms with E-state index in [4.69, 9.17) is 4.74 Å².